The molecule has 0 saturated heterocycles. The zero-order valence-electron chi connectivity index (χ0n) is 20.9. The van der Waals surface area contributed by atoms with Crippen LogP contribution in [0, 0.1) is 0 Å². The van der Waals surface area contributed by atoms with Crippen LogP contribution in [0.15, 0.2) is 54.6 Å². The first kappa shape index (κ1) is 31.1. The summed E-state index contributed by atoms with van der Waals surface area (Å²) >= 11 is 3.89. The van der Waals surface area contributed by atoms with Crippen LogP contribution in [0.4, 0.5) is 0 Å². The first-order chi connectivity index (χ1) is 18.5. The molecule has 0 heterocycles. The van der Waals surface area contributed by atoms with Crippen molar-refractivity contribution in [2.24, 2.45) is 5.73 Å². The van der Waals surface area contributed by atoms with E-state index in [9.17, 15) is 34.2 Å². The van der Waals surface area contributed by atoms with Crippen molar-refractivity contribution in [1.29, 1.82) is 0 Å². The number of carboxylic acids is 2. The van der Waals surface area contributed by atoms with Crippen LogP contribution < -0.4 is 21.7 Å². The van der Waals surface area contributed by atoms with E-state index in [-0.39, 0.29) is 30.8 Å². The Bertz CT molecular complexity index is 1150. The molecule has 0 saturated carbocycles. The van der Waals surface area contributed by atoms with E-state index in [0.29, 0.717) is 11.1 Å². The number of carbonyl (C=O) groups excluding carboxylic acids is 3. The average molecular weight is 561 g/mol. The maximum Gasteiger partial charge on any atom is 0.327 e. The molecule has 4 atom stereocenters. The fraction of sp³-hybridized carbons (Fsp3) is 0.346. The summed E-state index contributed by atoms with van der Waals surface area (Å²) in [5.74, 6) is -5.08. The molecule has 0 fully saturated rings. The monoisotopic (exact) mass is 560 g/mol. The maximum atomic E-state index is 13.3. The van der Waals surface area contributed by atoms with Crippen LogP contribution in [0.25, 0.3) is 0 Å². The third-order valence-electron chi connectivity index (χ3n) is 5.72. The van der Waals surface area contributed by atoms with E-state index in [1.807, 2.05) is 0 Å². The van der Waals surface area contributed by atoms with Crippen molar-refractivity contribution in [3.05, 3.63) is 65.7 Å². The third-order valence-corrected chi connectivity index (χ3v) is 6.09. The number of benzene rings is 2. The van der Waals surface area contributed by atoms with E-state index in [0.717, 1.165) is 0 Å². The van der Waals surface area contributed by atoms with Gasteiger partial charge in [0.25, 0.3) is 0 Å². The number of thiol groups is 1. The molecule has 0 aliphatic heterocycles. The highest BCUT2D eigenvalue weighted by Crippen LogP contribution is 2.12. The second-order valence-corrected chi connectivity index (χ2v) is 9.17. The minimum Gasteiger partial charge on any atom is -0.508 e. The summed E-state index contributed by atoms with van der Waals surface area (Å²) in [6.07, 6.45) is -0.649. The molecule has 0 aliphatic rings. The van der Waals surface area contributed by atoms with E-state index < -0.39 is 60.2 Å². The molecule has 39 heavy (non-hydrogen) atoms. The Kier molecular flexibility index (Phi) is 12.2. The number of phenols is 1. The standard InChI is InChI=1S/C26H32N4O8S/c27-18(12-16-6-8-17(31)9-7-16)23(34)29-20(13-15-4-2-1-3-5-15)25(36)28-19(10-11-22(32)33)24(35)30-21(14-39)26(37)38/h1-9,18-21,31,39H,10-14,27H2,(H,28,36)(H,29,34)(H,30,35)(H,32,33)(H,37,38). The Morgan fingerprint density at radius 1 is 0.744 bits per heavy atom. The molecule has 3 amide bonds. The smallest absolute Gasteiger partial charge is 0.327 e. The lowest BCUT2D eigenvalue weighted by molar-refractivity contribution is -0.142. The number of carbonyl (C=O) groups is 5. The molecule has 13 heteroatoms. The molecule has 0 radical (unpaired) electrons. The Morgan fingerprint density at radius 3 is 1.85 bits per heavy atom. The van der Waals surface area contributed by atoms with Crippen LogP contribution in [0.2, 0.25) is 0 Å². The summed E-state index contributed by atoms with van der Waals surface area (Å²) in [7, 11) is 0. The lowest BCUT2D eigenvalue weighted by Crippen LogP contribution is -2.58. The van der Waals surface area contributed by atoms with Gasteiger partial charge in [0.2, 0.25) is 17.7 Å². The topological polar surface area (TPSA) is 208 Å². The van der Waals surface area contributed by atoms with Gasteiger partial charge >= 0.3 is 11.9 Å². The van der Waals surface area contributed by atoms with Gasteiger partial charge in [0.05, 0.1) is 6.04 Å². The number of aromatic hydroxyl groups is 1. The first-order valence-electron chi connectivity index (χ1n) is 12.0. The van der Waals surface area contributed by atoms with Crippen molar-refractivity contribution in [1.82, 2.24) is 16.0 Å². The molecule has 0 aliphatic carbocycles. The highest BCUT2D eigenvalue weighted by molar-refractivity contribution is 7.80. The number of carboxylic acid groups (broad SMARTS) is 2. The van der Waals surface area contributed by atoms with Gasteiger partial charge in [-0.3, -0.25) is 19.2 Å². The zero-order chi connectivity index (χ0) is 28.9. The minimum atomic E-state index is -1.39. The molecule has 12 nitrogen and oxygen atoms in total. The lowest BCUT2D eigenvalue weighted by Gasteiger charge is -2.25. The normalized spacial score (nSPS) is 13.8. The SMILES string of the molecule is NC(Cc1ccc(O)cc1)C(=O)NC(Cc1ccccc1)C(=O)NC(CCC(=O)O)C(=O)NC(CS)C(=O)O. The second kappa shape index (κ2) is 15.3. The molecule has 210 valence electrons. The van der Waals surface area contributed by atoms with Crippen LogP contribution in [-0.4, -0.2) is 74.9 Å². The Morgan fingerprint density at radius 2 is 1.28 bits per heavy atom. The van der Waals surface area contributed by atoms with E-state index >= 15 is 0 Å². The van der Waals surface area contributed by atoms with Gasteiger partial charge in [-0.1, -0.05) is 42.5 Å². The van der Waals surface area contributed by atoms with Crippen LogP contribution in [-0.2, 0) is 36.8 Å². The molecule has 8 N–H and O–H groups in total. The molecule has 4 unspecified atom stereocenters. The number of rotatable bonds is 15. The number of amides is 3. The van der Waals surface area contributed by atoms with Gasteiger partial charge in [-0.25, -0.2) is 4.79 Å². The fourth-order valence-corrected chi connectivity index (χ4v) is 3.83. The quantitative estimate of drug-likeness (QED) is 0.136. The van der Waals surface area contributed by atoms with E-state index in [4.69, 9.17) is 10.8 Å². The summed E-state index contributed by atoms with van der Waals surface area (Å²) in [4.78, 5) is 61.4. The van der Waals surface area contributed by atoms with Crippen molar-refractivity contribution in [2.75, 3.05) is 5.75 Å². The minimum absolute atomic E-state index is 0.0337. The van der Waals surface area contributed by atoms with Crippen molar-refractivity contribution < 1.29 is 39.3 Å². The third kappa shape index (κ3) is 10.7. The van der Waals surface area contributed by atoms with E-state index in [1.165, 1.54) is 12.1 Å². The van der Waals surface area contributed by atoms with Gasteiger partial charge in [0, 0.05) is 18.6 Å². The highest BCUT2D eigenvalue weighted by Gasteiger charge is 2.30. The predicted octanol–water partition coefficient (Wildman–Crippen LogP) is -0.162. The number of nitrogens with two attached hydrogens (primary N) is 1. The van der Waals surface area contributed by atoms with Gasteiger partial charge < -0.3 is 37.0 Å². The summed E-state index contributed by atoms with van der Waals surface area (Å²) < 4.78 is 0. The largest absolute Gasteiger partial charge is 0.508 e. The number of phenolic OH excluding ortho intramolecular Hbond substituents is 1. The van der Waals surface area contributed by atoms with Gasteiger partial charge in [-0.15, -0.1) is 0 Å². The molecule has 0 aromatic heterocycles. The summed E-state index contributed by atoms with van der Waals surface area (Å²) in [6.45, 7) is 0. The Labute approximate surface area is 230 Å². The van der Waals surface area contributed by atoms with Crippen LogP contribution in [0.1, 0.15) is 24.0 Å². The van der Waals surface area contributed by atoms with E-state index in [1.54, 1.807) is 42.5 Å². The Balaban J connectivity index is 2.21. The van der Waals surface area contributed by atoms with Gasteiger partial charge in [0.15, 0.2) is 0 Å². The molecule has 0 bridgehead atoms. The second-order valence-electron chi connectivity index (χ2n) is 8.80. The zero-order valence-corrected chi connectivity index (χ0v) is 21.8. The van der Waals surface area contributed by atoms with Gasteiger partial charge in [-0.05, 0) is 36.1 Å². The number of hydrogen-bond acceptors (Lipinski definition) is 8. The summed E-state index contributed by atoms with van der Waals surface area (Å²) in [5, 5.41) is 35.0. The fourth-order valence-electron chi connectivity index (χ4n) is 3.58. The molecular weight excluding hydrogens is 528 g/mol. The van der Waals surface area contributed by atoms with Crippen LogP contribution >= 0.6 is 12.6 Å². The molecule has 2 aromatic rings. The molecule has 2 rings (SSSR count). The number of nitrogens with one attached hydrogen (secondary N) is 3. The number of hydrogen-bond donors (Lipinski definition) is 8. The van der Waals surface area contributed by atoms with Crippen molar-refractivity contribution in [3.63, 3.8) is 0 Å². The van der Waals surface area contributed by atoms with Crippen molar-refractivity contribution >= 4 is 42.3 Å². The summed E-state index contributed by atoms with van der Waals surface area (Å²) in [5.41, 5.74) is 7.43. The van der Waals surface area contributed by atoms with E-state index in [2.05, 4.69) is 28.6 Å². The van der Waals surface area contributed by atoms with Gasteiger partial charge in [-0.2, -0.15) is 12.6 Å². The molecule has 0 spiro atoms. The summed E-state index contributed by atoms with van der Waals surface area (Å²) in [6, 6.07) is 9.89. The number of aliphatic carboxylic acids is 2. The highest BCUT2D eigenvalue weighted by atomic mass is 32.1. The van der Waals surface area contributed by atoms with Crippen molar-refractivity contribution in [3.8, 4) is 5.75 Å². The lowest BCUT2D eigenvalue weighted by atomic mass is 10.0. The molecule has 2 aromatic carbocycles. The van der Waals surface area contributed by atoms with Crippen molar-refractivity contribution in [2.45, 2.75) is 49.9 Å². The first-order valence-corrected chi connectivity index (χ1v) is 12.7. The van der Waals surface area contributed by atoms with Crippen LogP contribution in [0.5, 0.6) is 5.75 Å². The molecular formula is C26H32N4O8S. The van der Waals surface area contributed by atoms with Crippen LogP contribution in [0.3, 0.4) is 0 Å². The van der Waals surface area contributed by atoms with Gasteiger partial charge in [0.1, 0.15) is 23.9 Å². The average Bonchev–Trinajstić information content (AvgIpc) is 2.90. The Hall–Kier alpha value is -4.10. The predicted molar refractivity (Wildman–Crippen MR) is 144 cm³/mol. The maximum absolute atomic E-state index is 13.3.